The molecule has 0 unspecified atom stereocenters. The van der Waals surface area contributed by atoms with Crippen molar-refractivity contribution in [3.05, 3.63) is 50.9 Å². The summed E-state index contributed by atoms with van der Waals surface area (Å²) in [5, 5.41) is 12.8. The Morgan fingerprint density at radius 2 is 1.83 bits per heavy atom. The van der Waals surface area contributed by atoms with Gasteiger partial charge in [0.1, 0.15) is 17.7 Å². The Balaban J connectivity index is 0.000000579. The first-order valence-electron chi connectivity index (χ1n) is 9.13. The van der Waals surface area contributed by atoms with Crippen molar-refractivity contribution < 1.29 is 38.3 Å². The molecule has 8 nitrogen and oxygen atoms in total. The number of ether oxygens (including phenoxy) is 1. The fourth-order valence-electron chi connectivity index (χ4n) is 2.23. The van der Waals surface area contributed by atoms with Crippen molar-refractivity contribution in [2.45, 2.75) is 39.3 Å². The number of hydrogen-bond donors (Lipinski definition) is 2. The van der Waals surface area contributed by atoms with E-state index in [1.54, 1.807) is 12.1 Å². The maximum Gasteiger partial charge on any atom is 1.00 e. The fraction of sp³-hybridized carbons (Fsp3) is 0.381. The number of aromatic carboxylic acids is 1. The molecule has 1 atom stereocenters. The third kappa shape index (κ3) is 8.60. The zero-order valence-electron chi connectivity index (χ0n) is 18.4. The van der Waals surface area contributed by atoms with Gasteiger partial charge in [-0.1, -0.05) is 13.0 Å². The molecule has 0 spiro atoms. The van der Waals surface area contributed by atoms with Gasteiger partial charge in [-0.2, -0.15) is 0 Å². The average Bonchev–Trinajstić information content (AvgIpc) is 2.61. The van der Waals surface area contributed by atoms with Crippen molar-refractivity contribution >= 4 is 28.8 Å². The molecule has 0 aliphatic heterocycles. The van der Waals surface area contributed by atoms with Crippen LogP contribution in [0.5, 0.6) is 0 Å². The number of carbonyl (C=O) groups is 2. The average molecular weight is 408 g/mol. The number of aromatic nitrogens is 2. The number of nitrogens with one attached hydrogen (secondary N) is 1. The molecule has 1 heterocycles. The summed E-state index contributed by atoms with van der Waals surface area (Å²) in [5.41, 5.74) is 0.155. The summed E-state index contributed by atoms with van der Waals surface area (Å²) < 4.78 is 5.09. The van der Waals surface area contributed by atoms with Crippen molar-refractivity contribution in [1.82, 2.24) is 14.9 Å². The Hall–Kier alpha value is -2.30. The van der Waals surface area contributed by atoms with Crippen LogP contribution < -0.4 is 24.2 Å². The van der Waals surface area contributed by atoms with Crippen molar-refractivity contribution in [2.75, 3.05) is 18.4 Å². The molecule has 1 aromatic heterocycles. The second-order valence-electron chi connectivity index (χ2n) is 7.24. The molecule has 2 aromatic rings. The zero-order valence-corrected chi connectivity index (χ0v) is 18.4. The molecule has 0 radical (unpaired) electrons. The summed E-state index contributed by atoms with van der Waals surface area (Å²) in [5.74, 6) is -0.400. The summed E-state index contributed by atoms with van der Waals surface area (Å²) in [6.45, 7) is 19.1. The minimum Gasteiger partial charge on any atom is -0.478 e. The minimum absolute atomic E-state index is 0. The van der Waals surface area contributed by atoms with Gasteiger partial charge in [-0.15, -0.1) is 19.1 Å². The van der Waals surface area contributed by atoms with E-state index in [9.17, 15) is 9.59 Å². The van der Waals surface area contributed by atoms with Crippen LogP contribution in [-0.2, 0) is 4.74 Å². The molecule has 9 heteroatoms. The number of carboxylic acid groups (broad SMARTS) is 1. The van der Waals surface area contributed by atoms with E-state index in [0.29, 0.717) is 29.8 Å². The third-order valence-corrected chi connectivity index (χ3v) is 3.47. The number of nitrogens with zero attached hydrogens (tertiary/aromatic N) is 3. The smallest absolute Gasteiger partial charge is 0.478 e. The summed E-state index contributed by atoms with van der Waals surface area (Å²) in [7, 11) is 0. The Morgan fingerprint density at radius 1 is 1.23 bits per heavy atom. The van der Waals surface area contributed by atoms with Gasteiger partial charge in [0.25, 0.3) is 0 Å². The minimum atomic E-state index is -0.997. The van der Waals surface area contributed by atoms with Gasteiger partial charge in [-0.25, -0.2) is 19.6 Å². The first-order valence-corrected chi connectivity index (χ1v) is 9.13. The molecule has 2 rings (SSSR count). The number of benzene rings is 1. The largest absolute Gasteiger partial charge is 1.00 e. The molecule has 30 heavy (non-hydrogen) atoms. The number of carbonyl (C=O) groups excluding carboxylic acids is 1. The van der Waals surface area contributed by atoms with Gasteiger partial charge >= 0.3 is 30.9 Å². The van der Waals surface area contributed by atoms with Crippen LogP contribution >= 0.6 is 0 Å². The van der Waals surface area contributed by atoms with Crippen molar-refractivity contribution in [3.8, 4) is 0 Å². The van der Waals surface area contributed by atoms with E-state index in [4.69, 9.17) is 9.84 Å². The Bertz CT molecular complexity index is 833. The van der Waals surface area contributed by atoms with Crippen LogP contribution in [0.2, 0.25) is 0 Å². The Labute approximate surface area is 190 Å². The van der Waals surface area contributed by atoms with Crippen LogP contribution in [0.4, 0.5) is 10.6 Å². The molecule has 0 aliphatic carbocycles. The van der Waals surface area contributed by atoms with Gasteiger partial charge in [0.15, 0.2) is 0 Å². The van der Waals surface area contributed by atoms with E-state index >= 15 is 0 Å². The van der Waals surface area contributed by atoms with Crippen LogP contribution in [-0.4, -0.2) is 56.8 Å². The van der Waals surface area contributed by atoms with E-state index in [2.05, 4.69) is 36.1 Å². The van der Waals surface area contributed by atoms with Crippen molar-refractivity contribution in [2.24, 2.45) is 0 Å². The SMILES string of the molecule is [CH2-]CN(C[CH2-])C(=O)OC(C)(C)C.[CH2-][C@H](C)Nc1ncnc2c(C(=O)O)cccc12.[Li+]. The molecule has 2 N–H and O–H groups in total. The van der Waals surface area contributed by atoms with Crippen LogP contribution in [0.3, 0.4) is 0 Å². The number of para-hydroxylation sites is 1. The number of hydrogen-bond acceptors (Lipinski definition) is 6. The number of amides is 1. The van der Waals surface area contributed by atoms with Gasteiger partial charge in [0, 0.05) is 5.39 Å². The molecule has 0 bridgehead atoms. The zero-order chi connectivity index (χ0) is 22.2. The van der Waals surface area contributed by atoms with Crippen molar-refractivity contribution in [3.63, 3.8) is 0 Å². The summed E-state index contributed by atoms with van der Waals surface area (Å²) >= 11 is 0. The second-order valence-corrected chi connectivity index (χ2v) is 7.24. The molecular weight excluding hydrogens is 379 g/mol. The predicted molar refractivity (Wildman–Crippen MR) is 113 cm³/mol. The third-order valence-electron chi connectivity index (χ3n) is 3.47. The molecule has 0 saturated carbocycles. The Kier molecular flexibility index (Phi) is 11.5. The van der Waals surface area contributed by atoms with Crippen LogP contribution in [0.1, 0.15) is 38.1 Å². The summed E-state index contributed by atoms with van der Waals surface area (Å²) in [6, 6.07) is 4.96. The quantitative estimate of drug-likeness (QED) is 0.558. The van der Waals surface area contributed by atoms with E-state index in [-0.39, 0.29) is 36.6 Å². The normalized spacial score (nSPS) is 11.4. The second kappa shape index (κ2) is 12.4. The first-order chi connectivity index (χ1) is 13.5. The molecule has 160 valence electrons. The fourth-order valence-corrected chi connectivity index (χ4v) is 2.23. The number of carboxylic acids is 1. The van der Waals surface area contributed by atoms with Crippen LogP contribution in [0, 0.1) is 20.8 Å². The maximum absolute atomic E-state index is 11.2. The van der Waals surface area contributed by atoms with Crippen molar-refractivity contribution in [1.29, 1.82) is 0 Å². The van der Waals surface area contributed by atoms with Crippen LogP contribution in [0.15, 0.2) is 24.5 Å². The van der Waals surface area contributed by atoms with E-state index < -0.39 is 11.6 Å². The topological polar surface area (TPSA) is 105 Å². The molecule has 0 aliphatic rings. The number of anilines is 1. The van der Waals surface area contributed by atoms with Gasteiger partial charge in [-0.3, -0.25) is 0 Å². The van der Waals surface area contributed by atoms with E-state index in [1.807, 2.05) is 27.7 Å². The van der Waals surface area contributed by atoms with E-state index in [0.717, 1.165) is 0 Å². The Morgan fingerprint density at radius 3 is 2.30 bits per heavy atom. The monoisotopic (exact) mass is 408 g/mol. The van der Waals surface area contributed by atoms with E-state index in [1.165, 1.54) is 17.3 Å². The molecule has 0 fully saturated rings. The standard InChI is InChI=1S/C12H12N3O2.C9H17NO2.Li/c1-7(2)15-11-8-4-3-5-9(12(16)17)10(8)13-6-14-11;1-6-10(7-2)8(11)12-9(3,4)5;/h3-7H,1H2,2H3,(H,16,17)(H,13,14,15);1-2,6-7H2,3-5H3;/q-1;-2;+1/t7-;;/m1../s1. The maximum atomic E-state index is 11.2. The van der Waals surface area contributed by atoms with Gasteiger partial charge < -0.3 is 40.8 Å². The molecule has 1 amide bonds. The molecule has 1 aromatic carbocycles. The number of rotatable bonds is 5. The molecule has 0 saturated heterocycles. The van der Waals surface area contributed by atoms with Gasteiger partial charge in [0.2, 0.25) is 0 Å². The van der Waals surface area contributed by atoms with Gasteiger partial charge in [-0.05, 0) is 32.9 Å². The van der Waals surface area contributed by atoms with Gasteiger partial charge in [0.05, 0.1) is 11.1 Å². The van der Waals surface area contributed by atoms with Crippen LogP contribution in [0.25, 0.3) is 10.9 Å². The summed E-state index contributed by atoms with van der Waals surface area (Å²) in [4.78, 5) is 31.8. The molecular formula is C21H29LiN4O4-2. The predicted octanol–water partition coefficient (Wildman–Crippen LogP) is 0.858. The summed E-state index contributed by atoms with van der Waals surface area (Å²) in [6.07, 6.45) is 0.993. The number of fused-ring (bicyclic) bond motifs is 1. The first kappa shape index (κ1) is 27.7.